The van der Waals surface area contributed by atoms with E-state index in [0.29, 0.717) is 18.4 Å². The lowest BCUT2D eigenvalue weighted by atomic mass is 10.7. The fourth-order valence-corrected chi connectivity index (χ4v) is 1.28. The van der Waals surface area contributed by atoms with E-state index in [1.165, 1.54) is 11.0 Å². The van der Waals surface area contributed by atoms with Gasteiger partial charge >= 0.3 is 12.0 Å². The Morgan fingerprint density at radius 3 is 2.63 bits per heavy atom. The van der Waals surface area contributed by atoms with Gasteiger partial charge in [0.25, 0.3) is 0 Å². The van der Waals surface area contributed by atoms with Crippen LogP contribution < -0.4 is 15.0 Å². The molecule has 2 heterocycles. The number of nitrogens with zero attached hydrogens (tertiary/aromatic N) is 7. The van der Waals surface area contributed by atoms with Crippen molar-refractivity contribution in [1.29, 1.82) is 0 Å². The summed E-state index contributed by atoms with van der Waals surface area (Å²) in [5.41, 5.74) is 0. The van der Waals surface area contributed by atoms with Crippen LogP contribution in [0.5, 0.6) is 12.0 Å². The quantitative estimate of drug-likeness (QED) is 0.823. The molecule has 0 amide bonds. The van der Waals surface area contributed by atoms with E-state index >= 15 is 0 Å². The van der Waals surface area contributed by atoms with Crippen LogP contribution >= 0.6 is 0 Å². The molecule has 0 saturated carbocycles. The predicted molar refractivity (Wildman–Crippen MR) is 69.4 cm³/mol. The Bertz CT molecular complexity index is 552. The number of anilines is 2. The second kappa shape index (κ2) is 5.46. The first-order chi connectivity index (χ1) is 9.08. The average molecular weight is 264 g/mol. The normalized spacial score (nSPS) is 10.3. The molecule has 102 valence electrons. The highest BCUT2D eigenvalue weighted by molar-refractivity contribution is 5.37. The lowest BCUT2D eigenvalue weighted by Crippen LogP contribution is -2.15. The molecule has 1 N–H and O–H groups in total. The minimum absolute atomic E-state index is 0.154. The number of hydrogen-bond acceptors (Lipinski definition) is 8. The van der Waals surface area contributed by atoms with Crippen molar-refractivity contribution in [2.75, 3.05) is 30.9 Å². The van der Waals surface area contributed by atoms with Crippen molar-refractivity contribution in [3.63, 3.8) is 0 Å². The topological polar surface area (TPSA) is 93.9 Å². The van der Waals surface area contributed by atoms with E-state index < -0.39 is 0 Å². The average Bonchev–Trinajstić information content (AvgIpc) is 2.75. The second-order valence-corrected chi connectivity index (χ2v) is 3.97. The van der Waals surface area contributed by atoms with Crippen molar-refractivity contribution in [3.05, 3.63) is 6.33 Å². The molecule has 0 bridgehead atoms. The van der Waals surface area contributed by atoms with Crippen LogP contribution in [0, 0.1) is 0 Å². The van der Waals surface area contributed by atoms with Crippen molar-refractivity contribution in [3.8, 4) is 12.0 Å². The number of rotatable bonds is 5. The van der Waals surface area contributed by atoms with E-state index in [4.69, 9.17) is 4.74 Å². The lowest BCUT2D eigenvalue weighted by Gasteiger charge is -2.12. The van der Waals surface area contributed by atoms with E-state index in [1.807, 2.05) is 21.0 Å². The third-order valence-electron chi connectivity index (χ3n) is 2.10. The summed E-state index contributed by atoms with van der Waals surface area (Å²) in [6, 6.07) is 0.349. The van der Waals surface area contributed by atoms with Gasteiger partial charge < -0.3 is 15.0 Å². The summed E-state index contributed by atoms with van der Waals surface area (Å²) in [6.45, 7) is 2.66. The molecular formula is C10H16N8O. The molecule has 0 spiro atoms. The van der Waals surface area contributed by atoms with Gasteiger partial charge in [0.1, 0.15) is 6.33 Å². The molecule has 2 aromatic heterocycles. The molecular weight excluding hydrogens is 248 g/mol. The summed E-state index contributed by atoms with van der Waals surface area (Å²) in [6.07, 6.45) is 1.54. The zero-order valence-corrected chi connectivity index (χ0v) is 11.3. The maximum Gasteiger partial charge on any atom is 0.343 e. The third-order valence-corrected chi connectivity index (χ3v) is 2.10. The highest BCUT2D eigenvalue weighted by Crippen LogP contribution is 2.17. The SMILES string of the molecule is CCNc1nc(Oc2ncn(C)n2)nc(N(C)C)n1. The lowest BCUT2D eigenvalue weighted by molar-refractivity contribution is 0.404. The van der Waals surface area contributed by atoms with Crippen molar-refractivity contribution in [1.82, 2.24) is 29.7 Å². The number of ether oxygens (including phenoxy) is 1. The van der Waals surface area contributed by atoms with Gasteiger partial charge in [-0.15, -0.1) is 5.10 Å². The molecule has 2 rings (SSSR count). The van der Waals surface area contributed by atoms with Crippen molar-refractivity contribution >= 4 is 11.9 Å². The van der Waals surface area contributed by atoms with E-state index in [2.05, 4.69) is 30.4 Å². The summed E-state index contributed by atoms with van der Waals surface area (Å²) in [4.78, 5) is 18.3. The van der Waals surface area contributed by atoms with Crippen LogP contribution in [0.3, 0.4) is 0 Å². The maximum atomic E-state index is 5.41. The molecule has 19 heavy (non-hydrogen) atoms. The molecule has 0 unspecified atom stereocenters. The molecule has 0 aliphatic carbocycles. The Kier molecular flexibility index (Phi) is 3.74. The van der Waals surface area contributed by atoms with Crippen LogP contribution in [0.4, 0.5) is 11.9 Å². The smallest absolute Gasteiger partial charge is 0.343 e. The van der Waals surface area contributed by atoms with Gasteiger partial charge in [-0.1, -0.05) is 0 Å². The van der Waals surface area contributed by atoms with Crippen LogP contribution in [0.2, 0.25) is 0 Å². The molecule has 0 aromatic carbocycles. The highest BCUT2D eigenvalue weighted by Gasteiger charge is 2.11. The predicted octanol–water partition coefficient (Wildman–Crippen LogP) is 0.290. The molecule has 0 fully saturated rings. The maximum absolute atomic E-state index is 5.41. The number of nitrogens with one attached hydrogen (secondary N) is 1. The molecule has 9 heteroatoms. The molecule has 0 aliphatic heterocycles. The van der Waals surface area contributed by atoms with Gasteiger partial charge in [-0.3, -0.25) is 4.68 Å². The Balaban J connectivity index is 2.27. The van der Waals surface area contributed by atoms with Gasteiger partial charge in [0.2, 0.25) is 11.9 Å². The number of aryl methyl sites for hydroxylation is 1. The summed E-state index contributed by atoms with van der Waals surface area (Å²) in [5.74, 6) is 0.948. The summed E-state index contributed by atoms with van der Waals surface area (Å²) < 4.78 is 6.94. The van der Waals surface area contributed by atoms with E-state index in [1.54, 1.807) is 11.9 Å². The van der Waals surface area contributed by atoms with Crippen molar-refractivity contribution in [2.45, 2.75) is 6.92 Å². The highest BCUT2D eigenvalue weighted by atomic mass is 16.5. The molecule has 0 saturated heterocycles. The fraction of sp³-hybridized carbons (Fsp3) is 0.500. The zero-order valence-electron chi connectivity index (χ0n) is 11.3. The minimum Gasteiger partial charge on any atom is -0.387 e. The number of hydrogen-bond donors (Lipinski definition) is 1. The zero-order chi connectivity index (χ0) is 13.8. The first kappa shape index (κ1) is 13.0. The van der Waals surface area contributed by atoms with Crippen LogP contribution in [0.15, 0.2) is 6.33 Å². The Morgan fingerprint density at radius 1 is 1.26 bits per heavy atom. The Labute approximate surface area is 110 Å². The third kappa shape index (κ3) is 3.27. The largest absolute Gasteiger partial charge is 0.387 e. The second-order valence-electron chi connectivity index (χ2n) is 3.97. The summed E-state index contributed by atoms with van der Waals surface area (Å²) >= 11 is 0. The van der Waals surface area contributed by atoms with E-state index in [0.717, 1.165) is 0 Å². The minimum atomic E-state index is 0.154. The summed E-state index contributed by atoms with van der Waals surface area (Å²) in [5, 5.41) is 7.02. The molecule has 0 atom stereocenters. The molecule has 0 radical (unpaired) electrons. The van der Waals surface area contributed by atoms with Crippen LogP contribution in [-0.4, -0.2) is 50.4 Å². The Hall–Kier alpha value is -2.45. The van der Waals surface area contributed by atoms with E-state index in [9.17, 15) is 0 Å². The fourth-order valence-electron chi connectivity index (χ4n) is 1.28. The van der Waals surface area contributed by atoms with E-state index in [-0.39, 0.29) is 12.0 Å². The first-order valence-corrected chi connectivity index (χ1v) is 5.79. The van der Waals surface area contributed by atoms with Gasteiger partial charge in [0.05, 0.1) is 0 Å². The molecule has 0 aliphatic rings. The van der Waals surface area contributed by atoms with Gasteiger partial charge in [0.15, 0.2) is 0 Å². The van der Waals surface area contributed by atoms with Gasteiger partial charge in [-0.2, -0.15) is 19.9 Å². The Morgan fingerprint density at radius 2 is 2.05 bits per heavy atom. The van der Waals surface area contributed by atoms with Crippen molar-refractivity contribution in [2.24, 2.45) is 7.05 Å². The first-order valence-electron chi connectivity index (χ1n) is 5.79. The van der Waals surface area contributed by atoms with Crippen LogP contribution in [0.1, 0.15) is 6.92 Å². The standard InChI is InChI=1S/C10H16N8O/c1-5-11-7-13-8(17(2)3)15-10(14-7)19-9-12-6-18(4)16-9/h6H,5H2,1-4H3,(H,11,13,14,15). The summed E-state index contributed by atoms with van der Waals surface area (Å²) in [7, 11) is 5.43. The number of aromatic nitrogens is 6. The molecule has 9 nitrogen and oxygen atoms in total. The molecule has 2 aromatic rings. The van der Waals surface area contributed by atoms with Crippen LogP contribution in [0.25, 0.3) is 0 Å². The van der Waals surface area contributed by atoms with Crippen LogP contribution in [-0.2, 0) is 7.05 Å². The van der Waals surface area contributed by atoms with Gasteiger partial charge in [-0.25, -0.2) is 0 Å². The van der Waals surface area contributed by atoms with Gasteiger partial charge in [0, 0.05) is 27.7 Å². The van der Waals surface area contributed by atoms with Gasteiger partial charge in [-0.05, 0) is 6.92 Å². The monoisotopic (exact) mass is 264 g/mol. The van der Waals surface area contributed by atoms with Crippen molar-refractivity contribution < 1.29 is 4.74 Å².